The number of benzene rings is 2. The first-order valence-electron chi connectivity index (χ1n) is 6.44. The topological polar surface area (TPSA) is 0 Å². The van der Waals surface area contributed by atoms with E-state index in [4.69, 9.17) is 0 Å². The Bertz CT molecular complexity index is 402. The van der Waals surface area contributed by atoms with E-state index in [2.05, 4.69) is 74.5 Å². The molecule has 90 valence electrons. The molecule has 0 saturated carbocycles. The average molecular weight is 244 g/mol. The van der Waals surface area contributed by atoms with Crippen molar-refractivity contribution in [1.29, 1.82) is 0 Å². The van der Waals surface area contributed by atoms with Gasteiger partial charge in [0.15, 0.2) is 0 Å². The van der Waals surface area contributed by atoms with Gasteiger partial charge in [0.2, 0.25) is 0 Å². The molecule has 2 aromatic carbocycles. The van der Waals surface area contributed by atoms with Gasteiger partial charge in [-0.25, -0.2) is 0 Å². The first-order valence-corrected chi connectivity index (χ1v) is 8.86. The van der Waals surface area contributed by atoms with E-state index < -0.39 is 7.26 Å². The van der Waals surface area contributed by atoms with Crippen LogP contribution in [0.4, 0.5) is 0 Å². The second-order valence-electron chi connectivity index (χ2n) is 4.52. The fraction of sp³-hybridized carbons (Fsp3) is 0.250. The standard InChI is InChI=1S/C16H21P/c1-3-17(4-2,15-11-7-5-8-12-15)16-13-9-6-10-14-16/h5-14,17H,3-4H2,1-2H3. The van der Waals surface area contributed by atoms with Crippen molar-refractivity contribution in [2.45, 2.75) is 13.8 Å². The Morgan fingerprint density at radius 3 is 1.29 bits per heavy atom. The zero-order chi connectivity index (χ0) is 12.1. The van der Waals surface area contributed by atoms with Gasteiger partial charge >= 0.3 is 105 Å². The molecule has 0 N–H and O–H groups in total. The maximum absolute atomic E-state index is 2.34. The van der Waals surface area contributed by atoms with Crippen molar-refractivity contribution in [3.63, 3.8) is 0 Å². The first kappa shape index (κ1) is 12.3. The minimum atomic E-state index is -1.50. The van der Waals surface area contributed by atoms with E-state index >= 15 is 0 Å². The second-order valence-corrected chi connectivity index (χ2v) is 9.25. The summed E-state index contributed by atoms with van der Waals surface area (Å²) >= 11 is 0. The zero-order valence-corrected chi connectivity index (χ0v) is 11.7. The van der Waals surface area contributed by atoms with Crippen LogP contribution in [0.5, 0.6) is 0 Å². The van der Waals surface area contributed by atoms with E-state index in [0.717, 1.165) is 0 Å². The van der Waals surface area contributed by atoms with Crippen LogP contribution in [0.1, 0.15) is 13.8 Å². The number of rotatable bonds is 4. The fourth-order valence-electron chi connectivity index (χ4n) is 2.75. The molecule has 0 aliphatic rings. The molecule has 0 aromatic heterocycles. The zero-order valence-electron chi connectivity index (χ0n) is 10.7. The summed E-state index contributed by atoms with van der Waals surface area (Å²) in [5.41, 5.74) is 0. The van der Waals surface area contributed by atoms with Gasteiger partial charge in [0.05, 0.1) is 0 Å². The Morgan fingerprint density at radius 2 is 1.00 bits per heavy atom. The molecule has 0 amide bonds. The van der Waals surface area contributed by atoms with Crippen molar-refractivity contribution >= 4 is 17.9 Å². The van der Waals surface area contributed by atoms with E-state index in [1.54, 1.807) is 10.6 Å². The van der Waals surface area contributed by atoms with E-state index in [9.17, 15) is 0 Å². The van der Waals surface area contributed by atoms with Crippen LogP contribution >= 0.6 is 7.26 Å². The summed E-state index contributed by atoms with van der Waals surface area (Å²) in [6, 6.07) is 22.2. The van der Waals surface area contributed by atoms with Gasteiger partial charge in [-0.1, -0.05) is 0 Å². The van der Waals surface area contributed by atoms with Gasteiger partial charge in [0.25, 0.3) is 0 Å². The van der Waals surface area contributed by atoms with Gasteiger partial charge in [0.1, 0.15) is 0 Å². The van der Waals surface area contributed by atoms with Crippen LogP contribution in [0.25, 0.3) is 0 Å². The molecule has 1 heteroatoms. The molecule has 0 spiro atoms. The normalized spacial score (nSPS) is 12.4. The molecule has 0 aliphatic carbocycles. The van der Waals surface area contributed by atoms with Gasteiger partial charge in [-0.15, -0.1) is 0 Å². The Hall–Kier alpha value is -1.13. The summed E-state index contributed by atoms with van der Waals surface area (Å²) < 4.78 is 0. The Kier molecular flexibility index (Phi) is 3.97. The molecule has 2 rings (SSSR count). The summed E-state index contributed by atoms with van der Waals surface area (Å²) in [7, 11) is -1.50. The molecule has 0 saturated heterocycles. The van der Waals surface area contributed by atoms with E-state index in [0.29, 0.717) is 0 Å². The quantitative estimate of drug-likeness (QED) is 0.723. The van der Waals surface area contributed by atoms with E-state index in [-0.39, 0.29) is 0 Å². The van der Waals surface area contributed by atoms with Crippen molar-refractivity contribution in [2.75, 3.05) is 12.3 Å². The molecule has 0 nitrogen and oxygen atoms in total. The van der Waals surface area contributed by atoms with Crippen LogP contribution in [-0.2, 0) is 0 Å². The predicted octanol–water partition coefficient (Wildman–Crippen LogP) is 3.43. The molecule has 0 aliphatic heterocycles. The molecule has 0 bridgehead atoms. The van der Waals surface area contributed by atoms with Crippen LogP contribution < -0.4 is 10.6 Å². The van der Waals surface area contributed by atoms with Crippen molar-refractivity contribution in [3.8, 4) is 0 Å². The van der Waals surface area contributed by atoms with Crippen LogP contribution in [-0.4, -0.2) is 12.3 Å². The SMILES string of the molecule is CC[PH](CC)(c1ccccc1)c1ccccc1. The molecule has 0 heterocycles. The van der Waals surface area contributed by atoms with Gasteiger partial charge in [-0.05, 0) is 0 Å². The van der Waals surface area contributed by atoms with E-state index in [1.807, 2.05) is 0 Å². The van der Waals surface area contributed by atoms with Gasteiger partial charge in [-0.3, -0.25) is 0 Å². The van der Waals surface area contributed by atoms with Crippen LogP contribution in [0.3, 0.4) is 0 Å². The van der Waals surface area contributed by atoms with E-state index in [1.165, 1.54) is 12.3 Å². The molecular formula is C16H21P. The Labute approximate surface area is 105 Å². The number of hydrogen-bond acceptors (Lipinski definition) is 0. The molecule has 0 atom stereocenters. The summed E-state index contributed by atoms with van der Waals surface area (Å²) in [5.74, 6) is 0. The summed E-state index contributed by atoms with van der Waals surface area (Å²) in [4.78, 5) is 0. The van der Waals surface area contributed by atoms with Gasteiger partial charge in [0, 0.05) is 0 Å². The molecule has 2 aromatic rings. The summed E-state index contributed by atoms with van der Waals surface area (Å²) in [6.45, 7) is 4.69. The second kappa shape index (κ2) is 5.47. The molecule has 0 radical (unpaired) electrons. The molecule has 0 fully saturated rings. The van der Waals surface area contributed by atoms with Crippen molar-refractivity contribution in [3.05, 3.63) is 60.7 Å². The summed E-state index contributed by atoms with van der Waals surface area (Å²) in [5, 5.41) is 3.13. The third-order valence-electron chi connectivity index (χ3n) is 3.86. The van der Waals surface area contributed by atoms with Crippen LogP contribution in [0, 0.1) is 0 Å². The fourth-order valence-corrected chi connectivity index (χ4v) is 6.87. The van der Waals surface area contributed by atoms with Crippen LogP contribution in [0.2, 0.25) is 0 Å². The van der Waals surface area contributed by atoms with Gasteiger partial charge < -0.3 is 0 Å². The predicted molar refractivity (Wildman–Crippen MR) is 81.5 cm³/mol. The third-order valence-corrected chi connectivity index (χ3v) is 9.15. The van der Waals surface area contributed by atoms with Crippen molar-refractivity contribution < 1.29 is 0 Å². The van der Waals surface area contributed by atoms with Crippen molar-refractivity contribution in [2.24, 2.45) is 0 Å². The van der Waals surface area contributed by atoms with Crippen molar-refractivity contribution in [1.82, 2.24) is 0 Å². The minimum absolute atomic E-state index is 1.28. The van der Waals surface area contributed by atoms with Gasteiger partial charge in [-0.2, -0.15) is 0 Å². The third kappa shape index (κ3) is 2.28. The Morgan fingerprint density at radius 1 is 0.647 bits per heavy atom. The van der Waals surface area contributed by atoms with Crippen LogP contribution in [0.15, 0.2) is 60.7 Å². The maximum atomic E-state index is 2.34. The summed E-state index contributed by atoms with van der Waals surface area (Å²) in [6.07, 6.45) is 2.55. The Balaban J connectivity index is 2.54. The number of hydrogen-bond donors (Lipinski definition) is 0. The molecular weight excluding hydrogens is 223 g/mol. The molecule has 0 unspecified atom stereocenters. The average Bonchev–Trinajstić information content (AvgIpc) is 2.43. The molecule has 17 heavy (non-hydrogen) atoms. The monoisotopic (exact) mass is 244 g/mol. The first-order chi connectivity index (χ1) is 8.33.